The van der Waals surface area contributed by atoms with E-state index in [1.165, 1.54) is 180 Å². The maximum atomic E-state index is 13.7. The van der Waals surface area contributed by atoms with Gasteiger partial charge in [0.2, 0.25) is 0 Å². The molecule has 0 aromatic carbocycles. The van der Waals surface area contributed by atoms with Gasteiger partial charge < -0.3 is 14.2 Å². The lowest BCUT2D eigenvalue weighted by atomic mass is 9.71. The van der Waals surface area contributed by atoms with Crippen molar-refractivity contribution in [1.82, 2.24) is 0 Å². The van der Waals surface area contributed by atoms with Gasteiger partial charge in [-0.05, 0) is 70.6 Å². The topological polar surface area (TPSA) is 44.8 Å². The first-order chi connectivity index (χ1) is 27.6. The second kappa shape index (κ2) is 35.9. The van der Waals surface area contributed by atoms with Crippen molar-refractivity contribution >= 4 is 5.97 Å². The first-order valence-electron chi connectivity index (χ1n) is 25.9. The van der Waals surface area contributed by atoms with Crippen LogP contribution in [0.25, 0.3) is 0 Å². The van der Waals surface area contributed by atoms with Crippen molar-refractivity contribution < 1.29 is 19.0 Å². The van der Waals surface area contributed by atoms with Gasteiger partial charge in [-0.25, -0.2) is 0 Å². The summed E-state index contributed by atoms with van der Waals surface area (Å²) >= 11 is 0. The van der Waals surface area contributed by atoms with Crippen LogP contribution in [0.4, 0.5) is 0 Å². The summed E-state index contributed by atoms with van der Waals surface area (Å²) < 4.78 is 18.2. The molecule has 0 aliphatic carbocycles. The van der Waals surface area contributed by atoms with Gasteiger partial charge in [0.05, 0.1) is 30.3 Å². The number of esters is 1. The summed E-state index contributed by atoms with van der Waals surface area (Å²) in [6.07, 6.45) is 46.0. The molecule has 348 valence electrons. The zero-order valence-electron chi connectivity index (χ0n) is 41.9. The lowest BCUT2D eigenvalue weighted by molar-refractivity contribution is -0.153. The molecule has 0 spiro atoms. The molecule has 0 fully saturated rings. The molecule has 4 heteroatoms. The van der Waals surface area contributed by atoms with Crippen LogP contribution in [-0.2, 0) is 19.0 Å². The third-order valence-corrected chi connectivity index (χ3v) is 12.9. The van der Waals surface area contributed by atoms with Gasteiger partial charge >= 0.3 is 5.97 Å². The van der Waals surface area contributed by atoms with Crippen molar-refractivity contribution in [1.29, 1.82) is 0 Å². The normalized spacial score (nSPS) is 12.9. The number of rotatable bonds is 44. The minimum Gasteiger partial charge on any atom is -0.465 e. The van der Waals surface area contributed by atoms with Gasteiger partial charge in [0.1, 0.15) is 0 Å². The van der Waals surface area contributed by atoms with E-state index in [4.69, 9.17) is 14.2 Å². The molecule has 0 aromatic rings. The molecule has 4 nitrogen and oxygen atoms in total. The van der Waals surface area contributed by atoms with Crippen LogP contribution in [0.1, 0.15) is 294 Å². The van der Waals surface area contributed by atoms with Crippen molar-refractivity contribution in [3.63, 3.8) is 0 Å². The Balaban J connectivity index is 4.72. The van der Waals surface area contributed by atoms with Crippen LogP contribution in [0.3, 0.4) is 0 Å². The zero-order chi connectivity index (χ0) is 43.4. The second-order valence-corrected chi connectivity index (χ2v) is 21.8. The van der Waals surface area contributed by atoms with Gasteiger partial charge in [0.25, 0.3) is 0 Å². The molecule has 0 N–H and O–H groups in total. The Morgan fingerprint density at radius 1 is 0.431 bits per heavy atom. The Kier molecular flexibility index (Phi) is 35.6. The number of methoxy groups -OCH3 is 1. The summed E-state index contributed by atoms with van der Waals surface area (Å²) in [5.41, 5.74) is -0.447. The number of ether oxygens (including phenoxy) is 3. The molecule has 0 rings (SSSR count). The number of hydrogen-bond donors (Lipinski definition) is 0. The summed E-state index contributed by atoms with van der Waals surface area (Å²) in [6, 6.07) is 0. The fourth-order valence-corrected chi connectivity index (χ4v) is 9.58. The third-order valence-electron chi connectivity index (χ3n) is 12.9. The van der Waals surface area contributed by atoms with E-state index in [1.54, 1.807) is 7.11 Å². The molecule has 0 aliphatic heterocycles. The quantitative estimate of drug-likeness (QED) is 0.0454. The molecule has 0 radical (unpaired) electrons. The van der Waals surface area contributed by atoms with Crippen LogP contribution in [0, 0.1) is 16.7 Å². The van der Waals surface area contributed by atoms with Crippen molar-refractivity contribution in [2.45, 2.75) is 305 Å². The highest BCUT2D eigenvalue weighted by Crippen LogP contribution is 2.41. The number of unbranched alkanes of at least 4 members (excludes halogenated alkanes) is 28. The predicted molar refractivity (Wildman–Crippen MR) is 256 cm³/mol. The van der Waals surface area contributed by atoms with Crippen LogP contribution < -0.4 is 0 Å². The highest BCUT2D eigenvalue weighted by molar-refractivity contribution is 5.72. The molecular weight excluding hydrogens is 713 g/mol. The number of carbonyl (C=O) groups is 1. The van der Waals surface area contributed by atoms with Crippen molar-refractivity contribution in [2.75, 3.05) is 20.3 Å². The zero-order valence-corrected chi connectivity index (χ0v) is 41.9. The maximum Gasteiger partial charge on any atom is 0.308 e. The summed E-state index contributed by atoms with van der Waals surface area (Å²) in [4.78, 5) is 13.7. The van der Waals surface area contributed by atoms with Gasteiger partial charge in [-0.3, -0.25) is 4.79 Å². The molecule has 0 aliphatic rings. The minimum atomic E-state index is -0.231. The number of hydrogen-bond acceptors (Lipinski definition) is 4. The summed E-state index contributed by atoms with van der Waals surface area (Å²) in [5, 5.41) is 0. The van der Waals surface area contributed by atoms with Gasteiger partial charge in [-0.2, -0.15) is 0 Å². The second-order valence-electron chi connectivity index (χ2n) is 21.8. The van der Waals surface area contributed by atoms with E-state index < -0.39 is 0 Å². The SMILES string of the molecule is CCCCCCCCCCCCCCCCCC(CCCCCCCCCCCCCCCCC)C(=O)OCC(C)(C)CC(C)(C)CC(C)(C)OCCC(C)(C)OC. The van der Waals surface area contributed by atoms with E-state index in [-0.39, 0.29) is 33.9 Å². The molecule has 0 unspecified atom stereocenters. The van der Waals surface area contributed by atoms with E-state index in [0.717, 1.165) is 44.9 Å². The molecule has 0 saturated carbocycles. The largest absolute Gasteiger partial charge is 0.465 e. The monoisotopic (exact) mass is 821 g/mol. The fraction of sp³-hybridized carbons (Fsp3) is 0.981. The Labute approximate surface area is 366 Å². The summed E-state index contributed by atoms with van der Waals surface area (Å²) in [7, 11) is 1.77. The first-order valence-corrected chi connectivity index (χ1v) is 25.9. The average Bonchev–Trinajstić information content (AvgIpc) is 3.15. The standard InChI is InChI=1S/C54H108O4/c1-12-14-16-18-20-22-24-26-28-30-32-34-36-38-40-42-49(43-41-39-37-35-33-31-29-27-25-23-21-19-17-15-13-2)50(55)57-48-52(5,6)46-51(3,4)47-54(9,10)58-45-44-53(7,8)56-11/h49H,12-48H2,1-11H3. The van der Waals surface area contributed by atoms with Crippen LogP contribution in [0.2, 0.25) is 0 Å². The van der Waals surface area contributed by atoms with E-state index >= 15 is 0 Å². The van der Waals surface area contributed by atoms with Gasteiger partial charge in [0.15, 0.2) is 0 Å². The van der Waals surface area contributed by atoms with Crippen LogP contribution in [0.5, 0.6) is 0 Å². The predicted octanol–water partition coefficient (Wildman–Crippen LogP) is 18.1. The van der Waals surface area contributed by atoms with Crippen molar-refractivity contribution in [3.8, 4) is 0 Å². The Morgan fingerprint density at radius 2 is 0.759 bits per heavy atom. The smallest absolute Gasteiger partial charge is 0.308 e. The maximum absolute atomic E-state index is 13.7. The molecule has 0 bridgehead atoms. The molecule has 0 amide bonds. The number of carbonyl (C=O) groups excluding carboxylic acids is 1. The van der Waals surface area contributed by atoms with Crippen LogP contribution >= 0.6 is 0 Å². The Morgan fingerprint density at radius 3 is 1.09 bits per heavy atom. The molecular formula is C54H108O4. The fourth-order valence-electron chi connectivity index (χ4n) is 9.58. The molecule has 0 atom stereocenters. The van der Waals surface area contributed by atoms with E-state index in [9.17, 15) is 4.79 Å². The highest BCUT2D eigenvalue weighted by atomic mass is 16.5. The molecule has 0 heterocycles. The van der Waals surface area contributed by atoms with E-state index in [0.29, 0.717) is 13.2 Å². The highest BCUT2D eigenvalue weighted by Gasteiger charge is 2.36. The molecule has 58 heavy (non-hydrogen) atoms. The van der Waals surface area contributed by atoms with Crippen LogP contribution in [-0.4, -0.2) is 37.5 Å². The molecule has 0 saturated heterocycles. The summed E-state index contributed by atoms with van der Waals surface area (Å²) in [6.45, 7) is 23.7. The van der Waals surface area contributed by atoms with E-state index in [2.05, 4.69) is 69.2 Å². The van der Waals surface area contributed by atoms with Crippen molar-refractivity contribution in [3.05, 3.63) is 0 Å². The molecule has 0 aromatic heterocycles. The summed E-state index contributed by atoms with van der Waals surface area (Å²) in [5.74, 6) is 0.113. The Bertz CT molecular complexity index is 871. The Hall–Kier alpha value is -0.610. The minimum absolute atomic E-state index is 0.0523. The third kappa shape index (κ3) is 37.2. The first kappa shape index (κ1) is 57.4. The van der Waals surface area contributed by atoms with E-state index in [1.807, 2.05) is 0 Å². The van der Waals surface area contributed by atoms with Gasteiger partial charge in [-0.1, -0.05) is 234 Å². The van der Waals surface area contributed by atoms with Gasteiger partial charge in [0, 0.05) is 7.11 Å². The lowest BCUT2D eigenvalue weighted by Gasteiger charge is -2.40. The van der Waals surface area contributed by atoms with Crippen molar-refractivity contribution in [2.24, 2.45) is 16.7 Å². The van der Waals surface area contributed by atoms with Gasteiger partial charge in [-0.15, -0.1) is 0 Å². The average molecular weight is 821 g/mol. The lowest BCUT2D eigenvalue weighted by Crippen LogP contribution is -2.37. The van der Waals surface area contributed by atoms with Crippen LogP contribution in [0.15, 0.2) is 0 Å².